The topological polar surface area (TPSA) is 0 Å². The van der Waals surface area contributed by atoms with Gasteiger partial charge in [0.05, 0.1) is 0 Å². The zero-order valence-electron chi connectivity index (χ0n) is 6.52. The maximum atomic E-state index is 2.29. The molecule has 0 heteroatoms. The maximum absolute atomic E-state index is 2.29. The molecule has 1 aliphatic carbocycles. The Morgan fingerprint density at radius 1 is 1.40 bits per heavy atom. The molecule has 0 spiro atoms. The van der Waals surface area contributed by atoms with Crippen LogP contribution in [-0.2, 0) is 6.42 Å². The number of hydrogen-bond donors (Lipinski definition) is 0. The zero-order chi connectivity index (χ0) is 7.14. The Morgan fingerprint density at radius 3 is 2.80 bits per heavy atom. The molecule has 0 amide bonds. The largest absolute Gasteiger partial charge is 0.0617 e. The predicted molar refractivity (Wildman–Crippen MR) is 43.3 cm³/mol. The summed E-state index contributed by atoms with van der Waals surface area (Å²) in [5.74, 6) is 0.815. The molecule has 0 aliphatic heterocycles. The molecule has 1 atom stereocenters. The molecular weight excluding hydrogens is 120 g/mol. The molecule has 1 aromatic carbocycles. The first-order valence-corrected chi connectivity index (χ1v) is 3.87. The van der Waals surface area contributed by atoms with Gasteiger partial charge >= 0.3 is 0 Å². The average molecular weight is 132 g/mol. The second-order valence-corrected chi connectivity index (χ2v) is 3.25. The van der Waals surface area contributed by atoms with Crippen LogP contribution in [0.25, 0.3) is 0 Å². The molecule has 0 saturated carbocycles. The van der Waals surface area contributed by atoms with Crippen LogP contribution < -0.4 is 0 Å². The molecule has 0 heterocycles. The van der Waals surface area contributed by atoms with Crippen molar-refractivity contribution < 1.29 is 0 Å². The van der Waals surface area contributed by atoms with Crippen LogP contribution in [-0.4, -0.2) is 0 Å². The third-order valence-corrected chi connectivity index (χ3v) is 2.49. The normalized spacial score (nSPS) is 21.6. The fourth-order valence-electron chi connectivity index (χ4n) is 1.75. The van der Waals surface area contributed by atoms with Crippen LogP contribution in [0.2, 0.25) is 0 Å². The molecule has 1 aromatic rings. The first-order chi connectivity index (χ1) is 4.79. The fraction of sp³-hybridized carbons (Fsp3) is 0.400. The summed E-state index contributed by atoms with van der Waals surface area (Å²) in [5.41, 5.74) is 4.63. The van der Waals surface area contributed by atoms with Gasteiger partial charge in [-0.15, -0.1) is 0 Å². The fourth-order valence-corrected chi connectivity index (χ4v) is 1.75. The van der Waals surface area contributed by atoms with Gasteiger partial charge in [0.15, 0.2) is 0 Å². The number of benzene rings is 1. The van der Waals surface area contributed by atoms with Gasteiger partial charge in [-0.2, -0.15) is 0 Å². The van der Waals surface area contributed by atoms with E-state index < -0.39 is 0 Å². The van der Waals surface area contributed by atoms with Crippen molar-refractivity contribution in [2.24, 2.45) is 0 Å². The van der Waals surface area contributed by atoms with Crippen molar-refractivity contribution in [3.63, 3.8) is 0 Å². The Bertz CT molecular complexity index is 261. The molecular formula is C10H12. The van der Waals surface area contributed by atoms with Gasteiger partial charge in [0, 0.05) is 0 Å². The van der Waals surface area contributed by atoms with Crippen molar-refractivity contribution >= 4 is 0 Å². The molecule has 1 unspecified atom stereocenters. The van der Waals surface area contributed by atoms with Crippen molar-refractivity contribution in [3.8, 4) is 0 Å². The lowest BCUT2D eigenvalue weighted by Crippen LogP contribution is -2.14. The van der Waals surface area contributed by atoms with Gasteiger partial charge in [0.1, 0.15) is 0 Å². The van der Waals surface area contributed by atoms with Crippen LogP contribution in [0.5, 0.6) is 0 Å². The molecule has 0 radical (unpaired) electrons. The molecule has 0 N–H and O–H groups in total. The van der Waals surface area contributed by atoms with Gasteiger partial charge in [0.25, 0.3) is 0 Å². The van der Waals surface area contributed by atoms with E-state index in [4.69, 9.17) is 0 Å². The van der Waals surface area contributed by atoms with Crippen LogP contribution in [0, 0.1) is 6.92 Å². The minimum Gasteiger partial charge on any atom is -0.0617 e. The van der Waals surface area contributed by atoms with E-state index in [1.807, 2.05) is 0 Å². The van der Waals surface area contributed by atoms with Gasteiger partial charge in [-0.1, -0.05) is 25.1 Å². The Morgan fingerprint density at radius 2 is 2.20 bits per heavy atom. The lowest BCUT2D eigenvalue weighted by Gasteiger charge is -2.28. The highest BCUT2D eigenvalue weighted by atomic mass is 14.3. The lowest BCUT2D eigenvalue weighted by atomic mass is 9.77. The smallest absolute Gasteiger partial charge is 0.0147 e. The number of rotatable bonds is 0. The highest BCUT2D eigenvalue weighted by molar-refractivity contribution is 5.44. The first-order valence-electron chi connectivity index (χ1n) is 3.87. The molecule has 0 saturated heterocycles. The quantitative estimate of drug-likeness (QED) is 0.509. The van der Waals surface area contributed by atoms with Crippen molar-refractivity contribution in [1.82, 2.24) is 0 Å². The van der Waals surface area contributed by atoms with E-state index >= 15 is 0 Å². The first kappa shape index (κ1) is 5.96. The minimum atomic E-state index is 0.815. The van der Waals surface area contributed by atoms with E-state index in [2.05, 4.69) is 32.0 Å². The third-order valence-electron chi connectivity index (χ3n) is 2.49. The van der Waals surface area contributed by atoms with Gasteiger partial charge in [-0.05, 0) is 36.0 Å². The SMILES string of the molecule is Cc1cccc2c1CC2C. The Hall–Kier alpha value is -0.780. The van der Waals surface area contributed by atoms with Crippen LogP contribution >= 0.6 is 0 Å². The maximum Gasteiger partial charge on any atom is -0.0147 e. The highest BCUT2D eigenvalue weighted by Gasteiger charge is 2.22. The van der Waals surface area contributed by atoms with Gasteiger partial charge in [0.2, 0.25) is 0 Å². The molecule has 52 valence electrons. The number of aryl methyl sites for hydroxylation is 1. The molecule has 1 aliphatic rings. The van der Waals surface area contributed by atoms with E-state index in [-0.39, 0.29) is 0 Å². The third kappa shape index (κ3) is 0.620. The Labute approximate surface area is 61.9 Å². The number of fused-ring (bicyclic) bond motifs is 1. The van der Waals surface area contributed by atoms with E-state index in [9.17, 15) is 0 Å². The van der Waals surface area contributed by atoms with Crippen molar-refractivity contribution in [3.05, 3.63) is 34.9 Å². The van der Waals surface area contributed by atoms with Crippen molar-refractivity contribution in [2.45, 2.75) is 26.2 Å². The summed E-state index contributed by atoms with van der Waals surface area (Å²) >= 11 is 0. The highest BCUT2D eigenvalue weighted by Crippen LogP contribution is 2.36. The van der Waals surface area contributed by atoms with Gasteiger partial charge < -0.3 is 0 Å². The summed E-state index contributed by atoms with van der Waals surface area (Å²) < 4.78 is 0. The monoisotopic (exact) mass is 132 g/mol. The minimum absolute atomic E-state index is 0.815. The molecule has 0 bridgehead atoms. The summed E-state index contributed by atoms with van der Waals surface area (Å²) in [5, 5.41) is 0. The van der Waals surface area contributed by atoms with Crippen LogP contribution in [0.4, 0.5) is 0 Å². The molecule has 0 aromatic heterocycles. The number of hydrogen-bond acceptors (Lipinski definition) is 0. The van der Waals surface area contributed by atoms with Gasteiger partial charge in [-0.25, -0.2) is 0 Å². The van der Waals surface area contributed by atoms with E-state index in [0.29, 0.717) is 0 Å². The predicted octanol–water partition coefficient (Wildman–Crippen LogP) is 2.65. The van der Waals surface area contributed by atoms with Crippen LogP contribution in [0.3, 0.4) is 0 Å². The van der Waals surface area contributed by atoms with Crippen molar-refractivity contribution in [2.75, 3.05) is 0 Å². The molecule has 2 rings (SSSR count). The summed E-state index contributed by atoms with van der Waals surface area (Å²) in [6.45, 7) is 4.49. The van der Waals surface area contributed by atoms with Crippen LogP contribution in [0.1, 0.15) is 29.5 Å². The Kier molecular flexibility index (Phi) is 1.10. The summed E-state index contributed by atoms with van der Waals surface area (Å²) in [7, 11) is 0. The van der Waals surface area contributed by atoms with Crippen molar-refractivity contribution in [1.29, 1.82) is 0 Å². The van der Waals surface area contributed by atoms with E-state index in [1.54, 1.807) is 11.1 Å². The lowest BCUT2D eigenvalue weighted by molar-refractivity contribution is 0.662. The molecule has 10 heavy (non-hydrogen) atoms. The summed E-state index contributed by atoms with van der Waals surface area (Å²) in [6, 6.07) is 6.60. The second-order valence-electron chi connectivity index (χ2n) is 3.25. The second kappa shape index (κ2) is 1.85. The van der Waals surface area contributed by atoms with E-state index in [0.717, 1.165) is 5.92 Å². The summed E-state index contributed by atoms with van der Waals surface area (Å²) in [6.07, 6.45) is 1.29. The van der Waals surface area contributed by atoms with Gasteiger partial charge in [-0.3, -0.25) is 0 Å². The molecule has 0 fully saturated rings. The average Bonchev–Trinajstić information content (AvgIpc) is 1.91. The summed E-state index contributed by atoms with van der Waals surface area (Å²) in [4.78, 5) is 0. The standard InChI is InChI=1S/C10H12/c1-7-4-3-5-9-8(2)6-10(7)9/h3-5,8H,6H2,1-2H3. The molecule has 0 nitrogen and oxygen atoms in total. The van der Waals surface area contributed by atoms with Crippen LogP contribution in [0.15, 0.2) is 18.2 Å². The van der Waals surface area contributed by atoms with E-state index in [1.165, 1.54) is 12.0 Å². The zero-order valence-corrected chi connectivity index (χ0v) is 6.52. The Balaban J connectivity index is 2.56.